The van der Waals surface area contributed by atoms with Crippen molar-refractivity contribution in [2.45, 2.75) is 64.2 Å². The lowest BCUT2D eigenvalue weighted by atomic mass is 9.92. The third-order valence-electron chi connectivity index (χ3n) is 5.29. The van der Waals surface area contributed by atoms with Crippen LogP contribution in [0.3, 0.4) is 0 Å². The first kappa shape index (κ1) is 22.7. The number of nitrogens with one attached hydrogen (secondary N) is 1. The number of halogens is 1. The topological polar surface area (TPSA) is 86.5 Å². The van der Waals surface area contributed by atoms with Gasteiger partial charge < -0.3 is 19.2 Å². The predicted molar refractivity (Wildman–Crippen MR) is 126 cm³/mol. The van der Waals surface area contributed by atoms with E-state index in [0.29, 0.717) is 5.71 Å². The molecule has 0 aliphatic heterocycles. The molecule has 1 aliphatic rings. The van der Waals surface area contributed by atoms with E-state index in [2.05, 4.69) is 31.2 Å². The highest BCUT2D eigenvalue weighted by molar-refractivity contribution is 9.10. The van der Waals surface area contributed by atoms with E-state index >= 15 is 0 Å². The summed E-state index contributed by atoms with van der Waals surface area (Å²) in [7, 11) is 0. The molecule has 0 radical (unpaired) electrons. The smallest absolute Gasteiger partial charge is 0.332 e. The van der Waals surface area contributed by atoms with Gasteiger partial charge in [-0.25, -0.2) is 14.8 Å². The molecule has 1 N–H and O–H groups in total. The molecule has 32 heavy (non-hydrogen) atoms. The van der Waals surface area contributed by atoms with Crippen molar-refractivity contribution in [3.63, 3.8) is 0 Å². The number of hydrogen-bond acceptors (Lipinski definition) is 7. The summed E-state index contributed by atoms with van der Waals surface area (Å²) >= 11 is 3.69. The summed E-state index contributed by atoms with van der Waals surface area (Å²) in [6, 6.07) is 10.1. The third kappa shape index (κ3) is 5.48. The first-order valence-electron chi connectivity index (χ1n) is 10.9. The molecule has 0 saturated heterocycles. The monoisotopic (exact) mass is 501 g/mol. The zero-order valence-corrected chi connectivity index (χ0v) is 20.1. The molecule has 0 spiro atoms. The van der Waals surface area contributed by atoms with Gasteiger partial charge in [-0.15, -0.1) is 0 Å². The Kier molecular flexibility index (Phi) is 6.81. The zero-order chi connectivity index (χ0) is 22.7. The number of aromatic nitrogens is 2. The molecule has 4 rings (SSSR count). The lowest BCUT2D eigenvalue weighted by Crippen LogP contribution is -2.34. The summed E-state index contributed by atoms with van der Waals surface area (Å²) in [5.41, 5.74) is 0.991. The summed E-state index contributed by atoms with van der Waals surface area (Å²) in [5, 5.41) is 4.37. The summed E-state index contributed by atoms with van der Waals surface area (Å²) in [4.78, 5) is 20.8. The largest absolute Gasteiger partial charge is 0.458 e. The quantitative estimate of drug-likeness (QED) is 0.431. The van der Waals surface area contributed by atoms with Crippen LogP contribution in [0.25, 0.3) is 22.4 Å². The van der Waals surface area contributed by atoms with Gasteiger partial charge in [-0.2, -0.15) is 0 Å². The molecule has 8 heteroatoms. The fourth-order valence-corrected chi connectivity index (χ4v) is 4.63. The third-order valence-corrected chi connectivity index (χ3v) is 6.05. The van der Waals surface area contributed by atoms with Crippen molar-refractivity contribution < 1.29 is 18.7 Å². The van der Waals surface area contributed by atoms with Crippen LogP contribution in [0.5, 0.6) is 0 Å². The Morgan fingerprint density at radius 1 is 1.22 bits per heavy atom. The molecule has 2 heterocycles. The Hall–Kier alpha value is -2.45. The number of rotatable bonds is 6. The van der Waals surface area contributed by atoms with Crippen LogP contribution in [-0.2, 0) is 14.3 Å². The molecule has 3 aromatic rings. The number of anilines is 1. The van der Waals surface area contributed by atoms with E-state index < -0.39 is 5.60 Å². The van der Waals surface area contributed by atoms with E-state index in [4.69, 9.17) is 13.9 Å². The number of carbonyl (C=O) groups excluding carboxylic acids is 1. The van der Waals surface area contributed by atoms with Crippen molar-refractivity contribution in [1.82, 2.24) is 9.97 Å². The molecule has 1 aromatic carbocycles. The Balaban J connectivity index is 1.45. The molecule has 1 aliphatic carbocycles. The van der Waals surface area contributed by atoms with Gasteiger partial charge in [0.15, 0.2) is 5.76 Å². The van der Waals surface area contributed by atoms with Crippen LogP contribution in [0.15, 0.2) is 45.5 Å². The molecule has 170 valence electrons. The number of ether oxygens (including phenoxy) is 2. The van der Waals surface area contributed by atoms with E-state index in [1.165, 1.54) is 6.33 Å². The second-order valence-electron chi connectivity index (χ2n) is 9.04. The first-order valence-corrected chi connectivity index (χ1v) is 11.7. The number of carbonyl (C=O) groups is 1. The molecule has 1 fully saturated rings. The molecule has 2 aromatic heterocycles. The van der Waals surface area contributed by atoms with Crippen LogP contribution in [0.2, 0.25) is 0 Å². The van der Waals surface area contributed by atoms with Gasteiger partial charge in [0.25, 0.3) is 0 Å². The average molecular weight is 502 g/mol. The van der Waals surface area contributed by atoms with Gasteiger partial charge in [0.1, 0.15) is 24.4 Å². The van der Waals surface area contributed by atoms with Gasteiger partial charge in [0.05, 0.1) is 16.0 Å². The van der Waals surface area contributed by atoms with Crippen LogP contribution in [0.1, 0.15) is 46.5 Å². The molecule has 0 amide bonds. The fourth-order valence-electron chi connectivity index (χ4n) is 3.96. The summed E-state index contributed by atoms with van der Waals surface area (Å²) < 4.78 is 18.1. The molecule has 0 bridgehead atoms. The van der Waals surface area contributed by atoms with E-state index in [-0.39, 0.29) is 24.7 Å². The van der Waals surface area contributed by atoms with Crippen molar-refractivity contribution in [2.24, 2.45) is 0 Å². The SMILES string of the molecule is CC(C)(C)OC(=O)COC1CCCC(Nc2ncnc3oc(-c4ccccc4)c(Br)c23)C1. The second kappa shape index (κ2) is 9.58. The molecule has 2 unspecified atom stereocenters. The average Bonchev–Trinajstić information content (AvgIpc) is 3.10. The number of fused-ring (bicyclic) bond motifs is 1. The number of esters is 1. The number of nitrogens with zero attached hydrogens (tertiary/aromatic N) is 2. The van der Waals surface area contributed by atoms with Gasteiger partial charge in [-0.1, -0.05) is 30.3 Å². The lowest BCUT2D eigenvalue weighted by Gasteiger charge is -2.30. The summed E-state index contributed by atoms with van der Waals surface area (Å²) in [6.07, 6.45) is 5.22. The molecule has 1 saturated carbocycles. The number of benzene rings is 1. The lowest BCUT2D eigenvalue weighted by molar-refractivity contribution is -0.162. The van der Waals surface area contributed by atoms with Crippen LogP contribution in [0, 0.1) is 0 Å². The molecular formula is C24H28BrN3O4. The highest BCUT2D eigenvalue weighted by Gasteiger charge is 2.26. The van der Waals surface area contributed by atoms with E-state index in [1.54, 1.807) is 0 Å². The summed E-state index contributed by atoms with van der Waals surface area (Å²) in [5.74, 6) is 1.12. The molecular weight excluding hydrogens is 474 g/mol. The maximum atomic E-state index is 12.0. The zero-order valence-electron chi connectivity index (χ0n) is 18.6. The van der Waals surface area contributed by atoms with Crippen molar-refractivity contribution in [3.05, 3.63) is 41.1 Å². The van der Waals surface area contributed by atoms with Gasteiger partial charge in [-0.3, -0.25) is 0 Å². The Bertz CT molecular complexity index is 1080. The minimum atomic E-state index is -0.508. The number of hydrogen-bond donors (Lipinski definition) is 1. The Labute approximate surface area is 196 Å². The molecule has 7 nitrogen and oxygen atoms in total. The van der Waals surface area contributed by atoms with Gasteiger partial charge in [0, 0.05) is 11.6 Å². The van der Waals surface area contributed by atoms with Gasteiger partial charge in [0.2, 0.25) is 5.71 Å². The number of furan rings is 1. The highest BCUT2D eigenvalue weighted by Crippen LogP contribution is 2.40. The standard InChI is InChI=1S/C24H28BrN3O4/c1-24(2,3)32-18(29)13-30-17-11-7-10-16(12-17)28-22-19-20(25)21(15-8-5-4-6-9-15)31-23(19)27-14-26-22/h4-6,8-9,14,16-17H,7,10-13H2,1-3H3,(H,26,27,28). The Morgan fingerprint density at radius 3 is 2.75 bits per heavy atom. The normalized spacial score (nSPS) is 19.1. The van der Waals surface area contributed by atoms with Crippen molar-refractivity contribution >= 4 is 38.8 Å². The maximum absolute atomic E-state index is 12.0. The Morgan fingerprint density at radius 2 is 2.00 bits per heavy atom. The summed E-state index contributed by atoms with van der Waals surface area (Å²) in [6.45, 7) is 5.53. The van der Waals surface area contributed by atoms with Crippen molar-refractivity contribution in [2.75, 3.05) is 11.9 Å². The minimum Gasteiger partial charge on any atom is -0.458 e. The van der Waals surface area contributed by atoms with E-state index in [1.807, 2.05) is 51.1 Å². The highest BCUT2D eigenvalue weighted by atomic mass is 79.9. The van der Waals surface area contributed by atoms with E-state index in [9.17, 15) is 4.79 Å². The first-order chi connectivity index (χ1) is 15.3. The maximum Gasteiger partial charge on any atom is 0.332 e. The van der Waals surface area contributed by atoms with Crippen LogP contribution in [0.4, 0.5) is 5.82 Å². The van der Waals surface area contributed by atoms with Crippen LogP contribution >= 0.6 is 15.9 Å². The molecule has 2 atom stereocenters. The van der Waals surface area contributed by atoms with Gasteiger partial charge in [-0.05, 0) is 62.4 Å². The fraction of sp³-hybridized carbons (Fsp3) is 0.458. The second-order valence-corrected chi connectivity index (χ2v) is 9.83. The van der Waals surface area contributed by atoms with Crippen LogP contribution < -0.4 is 5.32 Å². The van der Waals surface area contributed by atoms with Crippen LogP contribution in [-0.4, -0.2) is 40.3 Å². The minimum absolute atomic E-state index is 0.00114. The predicted octanol–water partition coefficient (Wildman–Crippen LogP) is 5.73. The van der Waals surface area contributed by atoms with Crippen molar-refractivity contribution in [3.8, 4) is 11.3 Å². The van der Waals surface area contributed by atoms with Gasteiger partial charge >= 0.3 is 5.97 Å². The van der Waals surface area contributed by atoms with Crippen molar-refractivity contribution in [1.29, 1.82) is 0 Å². The van der Waals surface area contributed by atoms with E-state index in [0.717, 1.165) is 52.7 Å².